The largest absolute Gasteiger partial charge is 0.371 e. The number of ether oxygens (including phenoxy) is 1. The third kappa shape index (κ3) is 3.87. The monoisotopic (exact) mass is 185 g/mol. The highest BCUT2D eigenvalue weighted by Crippen LogP contribution is 2.08. The summed E-state index contributed by atoms with van der Waals surface area (Å²) in [5, 5.41) is 3.21. The molecule has 0 aliphatic carbocycles. The van der Waals surface area contributed by atoms with Crippen molar-refractivity contribution < 1.29 is 9.53 Å². The van der Waals surface area contributed by atoms with Crippen molar-refractivity contribution in [2.45, 2.75) is 45.3 Å². The molecule has 1 heterocycles. The highest BCUT2D eigenvalue weighted by molar-refractivity contribution is 5.85. The predicted octanol–water partition coefficient (Wildman–Crippen LogP) is 1.12. The smallest absolute Gasteiger partial charge is 0.175 e. The van der Waals surface area contributed by atoms with E-state index in [0.29, 0.717) is 0 Å². The molecule has 1 atom stereocenters. The molecule has 0 spiro atoms. The standard InChI is InChI=1S/C10H19NO2/c1-8(2)13-7-10(12)9-5-3-4-6-11-9/h8-9,11H,3-7H2,1-2H3. The summed E-state index contributed by atoms with van der Waals surface area (Å²) in [6.07, 6.45) is 3.47. The van der Waals surface area contributed by atoms with Crippen LogP contribution in [0.2, 0.25) is 0 Å². The van der Waals surface area contributed by atoms with Crippen LogP contribution in [0.25, 0.3) is 0 Å². The number of nitrogens with one attached hydrogen (secondary N) is 1. The van der Waals surface area contributed by atoms with Gasteiger partial charge in [-0.2, -0.15) is 0 Å². The molecule has 0 aromatic rings. The summed E-state index contributed by atoms with van der Waals surface area (Å²) in [7, 11) is 0. The average molecular weight is 185 g/mol. The fourth-order valence-electron chi connectivity index (χ4n) is 1.48. The minimum Gasteiger partial charge on any atom is -0.371 e. The third-order valence-corrected chi connectivity index (χ3v) is 2.26. The van der Waals surface area contributed by atoms with Gasteiger partial charge in [-0.3, -0.25) is 4.79 Å². The lowest BCUT2D eigenvalue weighted by atomic mass is 10.0. The van der Waals surface area contributed by atoms with Crippen LogP contribution in [0.5, 0.6) is 0 Å². The van der Waals surface area contributed by atoms with Gasteiger partial charge in [0.2, 0.25) is 0 Å². The van der Waals surface area contributed by atoms with Gasteiger partial charge in [0.05, 0.1) is 12.1 Å². The molecule has 3 heteroatoms. The molecule has 13 heavy (non-hydrogen) atoms. The Hall–Kier alpha value is -0.410. The fourth-order valence-corrected chi connectivity index (χ4v) is 1.48. The zero-order chi connectivity index (χ0) is 9.68. The molecule has 1 unspecified atom stereocenters. The Morgan fingerprint density at radius 3 is 2.85 bits per heavy atom. The first kappa shape index (κ1) is 10.7. The second kappa shape index (κ2) is 5.35. The van der Waals surface area contributed by atoms with Crippen molar-refractivity contribution in [3.63, 3.8) is 0 Å². The molecule has 0 aromatic heterocycles. The van der Waals surface area contributed by atoms with Crippen LogP contribution in [-0.4, -0.2) is 31.1 Å². The Balaban J connectivity index is 2.21. The van der Waals surface area contributed by atoms with E-state index >= 15 is 0 Å². The molecule has 1 N–H and O–H groups in total. The number of carbonyl (C=O) groups is 1. The quantitative estimate of drug-likeness (QED) is 0.713. The zero-order valence-electron chi connectivity index (χ0n) is 8.51. The molecule has 1 fully saturated rings. The molecule has 0 bridgehead atoms. The normalized spacial score (nSPS) is 23.5. The molecule has 0 aromatic carbocycles. The Morgan fingerprint density at radius 1 is 1.54 bits per heavy atom. The van der Waals surface area contributed by atoms with Gasteiger partial charge in [-0.1, -0.05) is 6.42 Å². The molecule has 0 saturated carbocycles. The number of ketones is 1. The number of carbonyl (C=O) groups excluding carboxylic acids is 1. The van der Waals surface area contributed by atoms with Crippen LogP contribution in [0.15, 0.2) is 0 Å². The maximum absolute atomic E-state index is 11.5. The first-order valence-corrected chi connectivity index (χ1v) is 5.08. The number of hydrogen-bond acceptors (Lipinski definition) is 3. The molecule has 76 valence electrons. The van der Waals surface area contributed by atoms with E-state index in [9.17, 15) is 4.79 Å². The van der Waals surface area contributed by atoms with E-state index in [1.165, 1.54) is 6.42 Å². The summed E-state index contributed by atoms with van der Waals surface area (Å²) in [5.74, 6) is 0.202. The van der Waals surface area contributed by atoms with Gasteiger partial charge >= 0.3 is 0 Å². The molecule has 3 nitrogen and oxygen atoms in total. The number of Topliss-reactive ketones (excluding diaryl/α,β-unsaturated/α-hetero) is 1. The van der Waals surface area contributed by atoms with E-state index in [4.69, 9.17) is 4.74 Å². The average Bonchev–Trinajstić information content (AvgIpc) is 2.15. The zero-order valence-corrected chi connectivity index (χ0v) is 8.51. The summed E-state index contributed by atoms with van der Waals surface area (Å²) in [5.41, 5.74) is 0. The number of piperidine rings is 1. The van der Waals surface area contributed by atoms with Crippen LogP contribution < -0.4 is 5.32 Å². The van der Waals surface area contributed by atoms with E-state index in [0.717, 1.165) is 19.4 Å². The van der Waals surface area contributed by atoms with Crippen LogP contribution in [0, 0.1) is 0 Å². The highest BCUT2D eigenvalue weighted by Gasteiger charge is 2.20. The van der Waals surface area contributed by atoms with Gasteiger partial charge < -0.3 is 10.1 Å². The highest BCUT2D eigenvalue weighted by atomic mass is 16.5. The maximum Gasteiger partial charge on any atom is 0.175 e. The van der Waals surface area contributed by atoms with Gasteiger partial charge in [-0.25, -0.2) is 0 Å². The van der Waals surface area contributed by atoms with Gasteiger partial charge in [0.25, 0.3) is 0 Å². The molecule has 1 saturated heterocycles. The van der Waals surface area contributed by atoms with Gasteiger partial charge in [-0.15, -0.1) is 0 Å². The van der Waals surface area contributed by atoms with Crippen molar-refractivity contribution >= 4 is 5.78 Å². The summed E-state index contributed by atoms with van der Waals surface area (Å²) in [4.78, 5) is 11.5. The van der Waals surface area contributed by atoms with Gasteiger partial charge in [0, 0.05) is 0 Å². The third-order valence-electron chi connectivity index (χ3n) is 2.26. The lowest BCUT2D eigenvalue weighted by Gasteiger charge is -2.22. The van der Waals surface area contributed by atoms with E-state index < -0.39 is 0 Å². The van der Waals surface area contributed by atoms with Gasteiger partial charge in [0.15, 0.2) is 5.78 Å². The van der Waals surface area contributed by atoms with E-state index in [2.05, 4.69) is 5.32 Å². The van der Waals surface area contributed by atoms with Crippen molar-refractivity contribution in [1.82, 2.24) is 5.32 Å². The Kier molecular flexibility index (Phi) is 4.39. The van der Waals surface area contributed by atoms with Crippen LogP contribution in [0.4, 0.5) is 0 Å². The molecule has 1 rings (SSSR count). The predicted molar refractivity (Wildman–Crippen MR) is 51.7 cm³/mol. The summed E-state index contributed by atoms with van der Waals surface area (Å²) in [6, 6.07) is 0.0486. The van der Waals surface area contributed by atoms with Crippen LogP contribution >= 0.6 is 0 Å². The molecule has 1 aliphatic heterocycles. The van der Waals surface area contributed by atoms with E-state index in [-0.39, 0.29) is 24.5 Å². The lowest BCUT2D eigenvalue weighted by Crippen LogP contribution is -2.42. The lowest BCUT2D eigenvalue weighted by molar-refractivity contribution is -0.127. The van der Waals surface area contributed by atoms with Crippen molar-refractivity contribution in [2.75, 3.05) is 13.2 Å². The first-order chi connectivity index (χ1) is 6.20. The van der Waals surface area contributed by atoms with E-state index in [1.807, 2.05) is 13.8 Å². The van der Waals surface area contributed by atoms with Gasteiger partial charge in [-0.05, 0) is 33.2 Å². The Morgan fingerprint density at radius 2 is 2.31 bits per heavy atom. The SMILES string of the molecule is CC(C)OCC(=O)C1CCCCN1. The number of rotatable bonds is 4. The van der Waals surface area contributed by atoms with E-state index in [1.54, 1.807) is 0 Å². The minimum atomic E-state index is 0.0486. The maximum atomic E-state index is 11.5. The van der Waals surface area contributed by atoms with Crippen molar-refractivity contribution in [3.8, 4) is 0 Å². The molecule has 0 amide bonds. The van der Waals surface area contributed by atoms with Crippen molar-refractivity contribution in [2.24, 2.45) is 0 Å². The topological polar surface area (TPSA) is 38.3 Å². The Labute approximate surface area is 79.8 Å². The van der Waals surface area contributed by atoms with Crippen molar-refractivity contribution in [3.05, 3.63) is 0 Å². The second-order valence-corrected chi connectivity index (χ2v) is 3.83. The van der Waals surface area contributed by atoms with Crippen LogP contribution in [0.1, 0.15) is 33.1 Å². The fraction of sp³-hybridized carbons (Fsp3) is 0.900. The van der Waals surface area contributed by atoms with Gasteiger partial charge in [0.1, 0.15) is 6.61 Å². The van der Waals surface area contributed by atoms with Crippen LogP contribution in [-0.2, 0) is 9.53 Å². The first-order valence-electron chi connectivity index (χ1n) is 5.08. The second-order valence-electron chi connectivity index (χ2n) is 3.83. The number of hydrogen-bond donors (Lipinski definition) is 1. The molecule has 1 aliphatic rings. The summed E-state index contributed by atoms with van der Waals surface area (Å²) >= 11 is 0. The molecular formula is C10H19NO2. The molecular weight excluding hydrogens is 166 g/mol. The summed E-state index contributed by atoms with van der Waals surface area (Å²) in [6.45, 7) is 5.12. The minimum absolute atomic E-state index is 0.0486. The Bertz CT molecular complexity index is 162. The van der Waals surface area contributed by atoms with Crippen molar-refractivity contribution in [1.29, 1.82) is 0 Å². The molecule has 0 radical (unpaired) electrons. The summed E-state index contributed by atoms with van der Waals surface area (Å²) < 4.78 is 5.27. The van der Waals surface area contributed by atoms with Crippen LogP contribution in [0.3, 0.4) is 0 Å².